The highest BCUT2D eigenvalue weighted by molar-refractivity contribution is 4.55. The third-order valence-corrected chi connectivity index (χ3v) is 1.32. The maximum atomic E-state index is 11.8. The van der Waals surface area contributed by atoms with E-state index in [9.17, 15) is 13.2 Å². The number of nitrogens with zero attached hydrogens (tertiary/aromatic N) is 2. The monoisotopic (exact) mass is 170 g/mol. The lowest BCUT2D eigenvalue weighted by Crippen LogP contribution is -2.38. The van der Waals surface area contributed by atoms with Gasteiger partial charge >= 0.3 is 6.30 Å². The summed E-state index contributed by atoms with van der Waals surface area (Å²) in [5.74, 6) is 0. The van der Waals surface area contributed by atoms with Gasteiger partial charge in [-0.05, 0) is 21.1 Å². The van der Waals surface area contributed by atoms with Gasteiger partial charge in [0, 0.05) is 13.1 Å². The molecule has 0 amide bonds. The van der Waals surface area contributed by atoms with Crippen LogP contribution in [-0.4, -0.2) is 50.3 Å². The van der Waals surface area contributed by atoms with Crippen LogP contribution in [-0.2, 0) is 0 Å². The molecule has 0 rings (SSSR count). The van der Waals surface area contributed by atoms with E-state index in [2.05, 4.69) is 0 Å². The first-order chi connectivity index (χ1) is 4.84. The minimum atomic E-state index is -4.20. The third-order valence-electron chi connectivity index (χ3n) is 1.32. The average molecular weight is 170 g/mol. The summed E-state index contributed by atoms with van der Waals surface area (Å²) in [5, 5.41) is 0. The minimum Gasteiger partial charge on any atom is -0.308 e. The second-order valence-electron chi connectivity index (χ2n) is 2.69. The van der Waals surface area contributed by atoms with Gasteiger partial charge in [0.2, 0.25) is 0 Å². The van der Waals surface area contributed by atoms with E-state index < -0.39 is 6.30 Å². The Morgan fingerprint density at radius 2 is 1.45 bits per heavy atom. The van der Waals surface area contributed by atoms with Crippen molar-refractivity contribution in [3.8, 4) is 0 Å². The van der Waals surface area contributed by atoms with E-state index in [1.54, 1.807) is 19.0 Å². The Balaban J connectivity index is 3.61. The highest BCUT2D eigenvalue weighted by atomic mass is 19.4. The SMILES string of the molecule is CN(C)CCN(C)C(F)(F)F. The molecule has 5 heteroatoms. The van der Waals surface area contributed by atoms with Crippen LogP contribution < -0.4 is 0 Å². The third kappa shape index (κ3) is 5.03. The quantitative estimate of drug-likeness (QED) is 0.583. The summed E-state index contributed by atoms with van der Waals surface area (Å²) >= 11 is 0. The predicted octanol–water partition coefficient (Wildman–Crippen LogP) is 1.000. The number of hydrogen-bond donors (Lipinski definition) is 0. The molecule has 0 atom stereocenters. The standard InChI is InChI=1S/C6H13F3N2/c1-10(2)4-5-11(3)6(7,8)9/h4-5H2,1-3H3. The zero-order chi connectivity index (χ0) is 9.07. The first-order valence-electron chi connectivity index (χ1n) is 3.26. The smallest absolute Gasteiger partial charge is 0.308 e. The van der Waals surface area contributed by atoms with Crippen LogP contribution in [0.15, 0.2) is 0 Å². The molecule has 0 saturated heterocycles. The van der Waals surface area contributed by atoms with Gasteiger partial charge in [-0.1, -0.05) is 0 Å². The molecule has 0 heterocycles. The maximum Gasteiger partial charge on any atom is 0.459 e. The van der Waals surface area contributed by atoms with Gasteiger partial charge in [0.05, 0.1) is 0 Å². The number of likely N-dealkylation sites (N-methyl/N-ethyl adjacent to an activating group) is 2. The summed E-state index contributed by atoms with van der Waals surface area (Å²) in [6.45, 7) is 0.423. The highest BCUT2D eigenvalue weighted by Gasteiger charge is 2.33. The Morgan fingerprint density at radius 1 is 1.00 bits per heavy atom. The first-order valence-corrected chi connectivity index (χ1v) is 3.26. The van der Waals surface area contributed by atoms with E-state index in [4.69, 9.17) is 0 Å². The minimum absolute atomic E-state index is 0.0104. The fourth-order valence-electron chi connectivity index (χ4n) is 0.477. The van der Waals surface area contributed by atoms with Crippen molar-refractivity contribution in [2.24, 2.45) is 0 Å². The Hall–Kier alpha value is -0.290. The van der Waals surface area contributed by atoms with Gasteiger partial charge in [0.15, 0.2) is 0 Å². The molecule has 0 unspecified atom stereocenters. The molecule has 0 aliphatic heterocycles. The first kappa shape index (κ1) is 10.7. The lowest BCUT2D eigenvalue weighted by atomic mass is 10.5. The fraction of sp³-hybridized carbons (Fsp3) is 1.00. The van der Waals surface area contributed by atoms with Crippen LogP contribution in [0.1, 0.15) is 0 Å². The van der Waals surface area contributed by atoms with Gasteiger partial charge < -0.3 is 4.90 Å². The van der Waals surface area contributed by atoms with Crippen molar-refractivity contribution in [1.82, 2.24) is 9.80 Å². The van der Waals surface area contributed by atoms with Gasteiger partial charge in [0.25, 0.3) is 0 Å². The average Bonchev–Trinajstić information content (AvgIpc) is 1.80. The van der Waals surface area contributed by atoms with Crippen molar-refractivity contribution >= 4 is 0 Å². The number of rotatable bonds is 3. The summed E-state index contributed by atoms with van der Waals surface area (Å²) in [5.41, 5.74) is 0. The van der Waals surface area contributed by atoms with Gasteiger partial charge in [-0.2, -0.15) is 13.2 Å². The Morgan fingerprint density at radius 3 is 1.73 bits per heavy atom. The Labute approximate surface area is 64.6 Å². The van der Waals surface area contributed by atoms with Crippen LogP contribution in [0.2, 0.25) is 0 Å². The summed E-state index contributed by atoms with van der Waals surface area (Å²) in [4.78, 5) is 2.08. The Bertz CT molecular complexity index is 111. The van der Waals surface area contributed by atoms with Crippen molar-refractivity contribution < 1.29 is 13.2 Å². The van der Waals surface area contributed by atoms with Crippen molar-refractivity contribution in [3.05, 3.63) is 0 Å². The molecule has 0 spiro atoms. The maximum absolute atomic E-state index is 11.8. The molecule has 0 saturated carbocycles. The summed E-state index contributed by atoms with van der Waals surface area (Å²) in [7, 11) is 4.53. The molecule has 0 radical (unpaired) electrons. The molecule has 0 N–H and O–H groups in total. The van der Waals surface area contributed by atoms with Gasteiger partial charge in [-0.25, -0.2) is 4.90 Å². The molecule has 0 aliphatic rings. The topological polar surface area (TPSA) is 6.48 Å². The molecule has 0 aromatic heterocycles. The molecular weight excluding hydrogens is 157 g/mol. The fourth-order valence-corrected chi connectivity index (χ4v) is 0.477. The second kappa shape index (κ2) is 3.92. The molecule has 0 aromatic carbocycles. The zero-order valence-corrected chi connectivity index (χ0v) is 6.94. The van der Waals surface area contributed by atoms with Crippen molar-refractivity contribution in [3.63, 3.8) is 0 Å². The predicted molar refractivity (Wildman–Crippen MR) is 37.2 cm³/mol. The summed E-state index contributed by atoms with van der Waals surface area (Å²) in [6, 6.07) is 0. The van der Waals surface area contributed by atoms with E-state index in [0.717, 1.165) is 7.05 Å². The van der Waals surface area contributed by atoms with Crippen LogP contribution in [0, 0.1) is 0 Å². The lowest BCUT2D eigenvalue weighted by Gasteiger charge is -2.21. The van der Waals surface area contributed by atoms with E-state index in [-0.39, 0.29) is 6.54 Å². The second-order valence-corrected chi connectivity index (χ2v) is 2.69. The van der Waals surface area contributed by atoms with E-state index in [0.29, 0.717) is 11.4 Å². The van der Waals surface area contributed by atoms with Crippen molar-refractivity contribution in [2.75, 3.05) is 34.2 Å². The van der Waals surface area contributed by atoms with E-state index >= 15 is 0 Å². The summed E-state index contributed by atoms with van der Waals surface area (Å²) in [6.07, 6.45) is -4.20. The number of halogens is 3. The van der Waals surface area contributed by atoms with Gasteiger partial charge in [-0.15, -0.1) is 0 Å². The van der Waals surface area contributed by atoms with Crippen LogP contribution >= 0.6 is 0 Å². The van der Waals surface area contributed by atoms with E-state index in [1.807, 2.05) is 0 Å². The zero-order valence-electron chi connectivity index (χ0n) is 6.94. The van der Waals surface area contributed by atoms with Gasteiger partial charge in [-0.3, -0.25) is 0 Å². The lowest BCUT2D eigenvalue weighted by molar-refractivity contribution is -0.236. The number of hydrogen-bond acceptors (Lipinski definition) is 2. The van der Waals surface area contributed by atoms with Crippen LogP contribution in [0.3, 0.4) is 0 Å². The Kier molecular flexibility index (Phi) is 3.82. The van der Waals surface area contributed by atoms with Crippen LogP contribution in [0.4, 0.5) is 13.2 Å². The van der Waals surface area contributed by atoms with Crippen molar-refractivity contribution in [1.29, 1.82) is 0 Å². The molecule has 0 bridgehead atoms. The van der Waals surface area contributed by atoms with Crippen LogP contribution in [0.5, 0.6) is 0 Å². The molecular formula is C6H13F3N2. The molecule has 0 aromatic rings. The number of alkyl halides is 3. The molecule has 0 aliphatic carbocycles. The van der Waals surface area contributed by atoms with Gasteiger partial charge in [0.1, 0.15) is 0 Å². The van der Waals surface area contributed by atoms with E-state index in [1.165, 1.54) is 0 Å². The molecule has 2 nitrogen and oxygen atoms in total. The largest absolute Gasteiger partial charge is 0.459 e. The molecule has 0 fully saturated rings. The van der Waals surface area contributed by atoms with Crippen molar-refractivity contribution in [2.45, 2.75) is 6.30 Å². The molecule has 68 valence electrons. The normalized spacial score (nSPS) is 13.1. The molecule has 11 heavy (non-hydrogen) atoms. The summed E-state index contributed by atoms with van der Waals surface area (Å²) < 4.78 is 35.4. The van der Waals surface area contributed by atoms with Crippen LogP contribution in [0.25, 0.3) is 0 Å². The highest BCUT2D eigenvalue weighted by Crippen LogP contribution is 2.17.